The van der Waals surface area contributed by atoms with E-state index in [1.54, 1.807) is 0 Å². The zero-order valence-corrected chi connectivity index (χ0v) is 5.92. The predicted octanol–water partition coefficient (Wildman–Crippen LogP) is 2.01. The van der Waals surface area contributed by atoms with Gasteiger partial charge in [0, 0.05) is 6.08 Å². The molecule has 0 aromatic rings. The first-order valence-corrected chi connectivity index (χ1v) is 2.76. The van der Waals surface area contributed by atoms with E-state index < -0.39 is 5.97 Å². The average Bonchev–Trinajstić information content (AvgIpc) is 1.91. The summed E-state index contributed by atoms with van der Waals surface area (Å²) in [7, 11) is 0. The molecule has 1 N–H and O–H groups in total. The molecule has 0 saturated carbocycles. The van der Waals surface area contributed by atoms with E-state index in [0.717, 1.165) is 12.5 Å². The highest BCUT2D eigenvalue weighted by molar-refractivity contribution is 5.78. The highest BCUT2D eigenvalue weighted by atomic mass is 16.4. The number of hydrogen-bond acceptors (Lipinski definition) is 1. The van der Waals surface area contributed by atoms with Gasteiger partial charge in [-0.05, 0) is 6.42 Å². The van der Waals surface area contributed by atoms with Gasteiger partial charge in [0.2, 0.25) is 0 Å². The largest absolute Gasteiger partial charge is 0.478 e. The van der Waals surface area contributed by atoms with Crippen molar-refractivity contribution in [2.75, 3.05) is 0 Å². The molecule has 0 fully saturated rings. The molecule has 0 heterocycles. The van der Waals surface area contributed by atoms with Crippen molar-refractivity contribution in [3.8, 4) is 0 Å². The number of carboxylic acid groups (broad SMARTS) is 1. The van der Waals surface area contributed by atoms with Crippen LogP contribution in [0.3, 0.4) is 0 Å². The Hall–Kier alpha value is -1.31. The van der Waals surface area contributed by atoms with E-state index in [1.165, 1.54) is 0 Å². The number of aliphatic carboxylic acids is 1. The first-order valence-electron chi connectivity index (χ1n) is 2.76. The lowest BCUT2D eigenvalue weighted by molar-refractivity contribution is -0.131. The number of allylic oxidation sites excluding steroid dienone is 2. The molecule has 0 spiro atoms. The molecule has 0 radical (unpaired) electrons. The Balaban J connectivity index is 0. The fourth-order valence-electron chi connectivity index (χ4n) is 0.118. The van der Waals surface area contributed by atoms with Gasteiger partial charge in [0.15, 0.2) is 0 Å². The summed E-state index contributed by atoms with van der Waals surface area (Å²) in [5, 5.41) is 7.60. The molecule has 0 aliphatic heterocycles. The molecule has 0 aromatic heterocycles. The lowest BCUT2D eigenvalue weighted by Crippen LogP contribution is -1.82. The van der Waals surface area contributed by atoms with Crippen LogP contribution in [0.1, 0.15) is 6.42 Å². The topological polar surface area (TPSA) is 37.3 Å². The molecular weight excluding hydrogens is 128 g/mol. The molecule has 0 saturated heterocycles. The van der Waals surface area contributed by atoms with Crippen LogP contribution in [-0.4, -0.2) is 11.1 Å². The Kier molecular flexibility index (Phi) is 12.2. The number of rotatable bonds is 3. The van der Waals surface area contributed by atoms with E-state index in [0.29, 0.717) is 0 Å². The van der Waals surface area contributed by atoms with Crippen molar-refractivity contribution in [2.24, 2.45) is 0 Å². The van der Waals surface area contributed by atoms with E-state index in [4.69, 9.17) is 5.11 Å². The highest BCUT2D eigenvalue weighted by Gasteiger charge is 1.73. The van der Waals surface area contributed by atoms with Crippen molar-refractivity contribution in [3.63, 3.8) is 0 Å². The van der Waals surface area contributed by atoms with Crippen LogP contribution in [0.4, 0.5) is 0 Å². The summed E-state index contributed by atoms with van der Waals surface area (Å²) in [6.45, 7) is 9.92. The number of carbonyl (C=O) groups is 1. The molecule has 0 aromatic carbocycles. The first kappa shape index (κ1) is 11.5. The highest BCUT2D eigenvalue weighted by Crippen LogP contribution is 1.73. The van der Waals surface area contributed by atoms with Gasteiger partial charge < -0.3 is 5.11 Å². The van der Waals surface area contributed by atoms with E-state index in [1.807, 2.05) is 12.2 Å². The maximum Gasteiger partial charge on any atom is 0.327 e. The number of hydrogen-bond donors (Lipinski definition) is 1. The van der Waals surface area contributed by atoms with E-state index >= 15 is 0 Å². The molecule has 0 bridgehead atoms. The summed E-state index contributed by atoms with van der Waals surface area (Å²) in [4.78, 5) is 9.25. The van der Waals surface area contributed by atoms with E-state index in [-0.39, 0.29) is 0 Å². The van der Waals surface area contributed by atoms with Crippen LogP contribution in [0.15, 0.2) is 38.0 Å². The first-order chi connectivity index (χ1) is 4.68. The van der Waals surface area contributed by atoms with Crippen LogP contribution >= 0.6 is 0 Å². The molecule has 0 atom stereocenters. The van der Waals surface area contributed by atoms with Crippen molar-refractivity contribution < 1.29 is 9.90 Å². The summed E-state index contributed by atoms with van der Waals surface area (Å²) < 4.78 is 0. The van der Waals surface area contributed by atoms with Gasteiger partial charge in [-0.3, -0.25) is 0 Å². The third kappa shape index (κ3) is 29.9. The monoisotopic (exact) mass is 140 g/mol. The van der Waals surface area contributed by atoms with Crippen LogP contribution in [-0.2, 0) is 4.79 Å². The van der Waals surface area contributed by atoms with Crippen LogP contribution < -0.4 is 0 Å². The molecular formula is C8H12O2. The molecule has 0 rings (SSSR count). The maximum atomic E-state index is 9.25. The van der Waals surface area contributed by atoms with Crippen molar-refractivity contribution in [1.29, 1.82) is 0 Å². The van der Waals surface area contributed by atoms with E-state index in [9.17, 15) is 4.79 Å². The lowest BCUT2D eigenvalue weighted by Gasteiger charge is -1.64. The van der Waals surface area contributed by atoms with Crippen molar-refractivity contribution in [2.45, 2.75) is 6.42 Å². The van der Waals surface area contributed by atoms with Crippen LogP contribution in [0.25, 0.3) is 0 Å². The van der Waals surface area contributed by atoms with Crippen LogP contribution in [0.2, 0.25) is 0 Å². The zero-order chi connectivity index (χ0) is 8.41. The fraction of sp³-hybridized carbons (Fsp3) is 0.125. The summed E-state index contributed by atoms with van der Waals surface area (Å²) in [5.74, 6) is -0.981. The van der Waals surface area contributed by atoms with Gasteiger partial charge in [0.1, 0.15) is 0 Å². The quantitative estimate of drug-likeness (QED) is 0.481. The smallest absolute Gasteiger partial charge is 0.327 e. The predicted molar refractivity (Wildman–Crippen MR) is 42.8 cm³/mol. The molecule has 56 valence electrons. The Morgan fingerprint density at radius 2 is 1.60 bits per heavy atom. The Labute approximate surface area is 61.2 Å². The normalized spacial score (nSPS) is 6.40. The third-order valence-electron chi connectivity index (χ3n) is 0.508. The second kappa shape index (κ2) is 10.6. The molecule has 0 unspecified atom stereocenters. The van der Waals surface area contributed by atoms with Crippen LogP contribution in [0.5, 0.6) is 0 Å². The summed E-state index contributed by atoms with van der Waals surface area (Å²) in [6, 6.07) is 0. The zero-order valence-electron chi connectivity index (χ0n) is 5.92. The van der Waals surface area contributed by atoms with Gasteiger partial charge in [-0.1, -0.05) is 18.7 Å². The Morgan fingerprint density at radius 3 is 1.60 bits per heavy atom. The third-order valence-corrected chi connectivity index (χ3v) is 0.508. The molecule has 0 amide bonds. The standard InChI is InChI=1S/C5H8.C3H4O2/c1-3-5-4-2;1-2-3(4)5/h3-4H,1-2,5H2;2H,1H2,(H,4,5). The summed E-state index contributed by atoms with van der Waals surface area (Å²) >= 11 is 0. The second-order valence-electron chi connectivity index (χ2n) is 1.36. The van der Waals surface area contributed by atoms with Crippen LogP contribution in [0, 0.1) is 0 Å². The summed E-state index contributed by atoms with van der Waals surface area (Å²) in [6.07, 6.45) is 5.38. The summed E-state index contributed by atoms with van der Waals surface area (Å²) in [5.41, 5.74) is 0. The Morgan fingerprint density at radius 1 is 1.30 bits per heavy atom. The molecule has 10 heavy (non-hydrogen) atoms. The Bertz CT molecular complexity index is 119. The fourth-order valence-corrected chi connectivity index (χ4v) is 0.118. The second-order valence-corrected chi connectivity index (χ2v) is 1.36. The molecule has 2 nitrogen and oxygen atoms in total. The molecule has 0 aliphatic rings. The number of carboxylic acids is 1. The van der Waals surface area contributed by atoms with Gasteiger partial charge in [-0.25, -0.2) is 4.79 Å². The van der Waals surface area contributed by atoms with Crippen molar-refractivity contribution >= 4 is 5.97 Å². The minimum absolute atomic E-state index is 0.833. The minimum Gasteiger partial charge on any atom is -0.478 e. The molecule has 2 heteroatoms. The average molecular weight is 140 g/mol. The van der Waals surface area contributed by atoms with E-state index in [2.05, 4.69) is 19.7 Å². The van der Waals surface area contributed by atoms with Gasteiger partial charge in [-0.2, -0.15) is 0 Å². The van der Waals surface area contributed by atoms with Gasteiger partial charge in [0.25, 0.3) is 0 Å². The van der Waals surface area contributed by atoms with Gasteiger partial charge >= 0.3 is 5.97 Å². The molecule has 0 aliphatic carbocycles. The minimum atomic E-state index is -0.981. The maximum absolute atomic E-state index is 9.25. The van der Waals surface area contributed by atoms with Gasteiger partial charge in [-0.15, -0.1) is 13.2 Å². The van der Waals surface area contributed by atoms with Crippen molar-refractivity contribution in [3.05, 3.63) is 38.0 Å². The SMILES string of the molecule is C=CC(=O)O.C=CCC=C. The van der Waals surface area contributed by atoms with Gasteiger partial charge in [0.05, 0.1) is 0 Å². The van der Waals surface area contributed by atoms with Crippen molar-refractivity contribution in [1.82, 2.24) is 0 Å². The lowest BCUT2D eigenvalue weighted by atomic mass is 10.4.